The maximum atomic E-state index is 12.6. The van der Waals surface area contributed by atoms with Gasteiger partial charge < -0.3 is 18.6 Å². The van der Waals surface area contributed by atoms with Crippen molar-refractivity contribution in [3.8, 4) is 11.5 Å². The van der Waals surface area contributed by atoms with Crippen LogP contribution in [0, 0.1) is 0 Å². The predicted molar refractivity (Wildman–Crippen MR) is 127 cm³/mol. The van der Waals surface area contributed by atoms with E-state index < -0.39 is 5.97 Å². The van der Waals surface area contributed by atoms with Gasteiger partial charge in [0.15, 0.2) is 5.13 Å². The first-order chi connectivity index (χ1) is 16.6. The van der Waals surface area contributed by atoms with Crippen LogP contribution in [-0.4, -0.2) is 24.0 Å². The Morgan fingerprint density at radius 1 is 1.03 bits per heavy atom. The highest BCUT2D eigenvalue weighted by molar-refractivity contribution is 7.14. The van der Waals surface area contributed by atoms with E-state index in [-0.39, 0.29) is 24.9 Å². The maximum absolute atomic E-state index is 12.6. The van der Waals surface area contributed by atoms with Crippen molar-refractivity contribution < 1.29 is 28.2 Å². The fourth-order valence-electron chi connectivity index (χ4n) is 3.20. The third kappa shape index (κ3) is 5.26. The first-order valence-corrected chi connectivity index (χ1v) is 11.2. The second-order valence-electron chi connectivity index (χ2n) is 7.10. The van der Waals surface area contributed by atoms with Crippen LogP contribution in [0.1, 0.15) is 28.7 Å². The number of nitrogens with zero attached hydrogens (tertiary/aromatic N) is 2. The summed E-state index contributed by atoms with van der Waals surface area (Å²) in [5.41, 5.74) is 1.66. The zero-order chi connectivity index (χ0) is 23.9. The number of carbonyl (C=O) groups is 2. The van der Waals surface area contributed by atoms with E-state index in [0.717, 1.165) is 0 Å². The Morgan fingerprint density at radius 2 is 1.79 bits per heavy atom. The second-order valence-corrected chi connectivity index (χ2v) is 7.94. The van der Waals surface area contributed by atoms with E-state index in [4.69, 9.17) is 18.6 Å². The molecule has 4 aromatic rings. The summed E-state index contributed by atoms with van der Waals surface area (Å²) < 4.78 is 21.8. The number of hydrogen-bond donors (Lipinski definition) is 0. The lowest BCUT2D eigenvalue weighted by molar-refractivity contribution is -0.115. The van der Waals surface area contributed by atoms with Gasteiger partial charge in [0.2, 0.25) is 11.7 Å². The monoisotopic (exact) mass is 478 g/mol. The lowest BCUT2D eigenvalue weighted by Crippen LogP contribution is -2.23. The molecule has 2 heterocycles. The van der Waals surface area contributed by atoms with Crippen molar-refractivity contribution in [3.05, 3.63) is 89.3 Å². The van der Waals surface area contributed by atoms with Crippen LogP contribution in [0.15, 0.2) is 76.7 Å². The highest BCUT2D eigenvalue weighted by Gasteiger charge is 2.22. The number of aromatic nitrogens is 1. The Balaban J connectivity index is 1.42. The van der Waals surface area contributed by atoms with Crippen molar-refractivity contribution in [2.24, 2.45) is 0 Å². The molecule has 34 heavy (non-hydrogen) atoms. The number of hydrogen-bond acceptors (Lipinski definition) is 8. The number of thiazole rings is 1. The van der Waals surface area contributed by atoms with Gasteiger partial charge in [-0.05, 0) is 30.3 Å². The molecule has 0 saturated carbocycles. The van der Waals surface area contributed by atoms with Crippen molar-refractivity contribution in [1.82, 2.24) is 4.98 Å². The number of carbonyl (C=O) groups excluding carboxylic acids is 2. The number of anilines is 2. The molecule has 174 valence electrons. The molecule has 9 heteroatoms. The summed E-state index contributed by atoms with van der Waals surface area (Å²) in [6.07, 6.45) is 1.42. The molecule has 2 aromatic heterocycles. The van der Waals surface area contributed by atoms with Crippen LogP contribution < -0.4 is 14.4 Å². The first kappa shape index (κ1) is 23.1. The van der Waals surface area contributed by atoms with Crippen molar-refractivity contribution in [2.45, 2.75) is 20.1 Å². The summed E-state index contributed by atoms with van der Waals surface area (Å²) in [6.45, 7) is 1.54. The van der Waals surface area contributed by atoms with Crippen LogP contribution in [0.5, 0.6) is 11.5 Å². The maximum Gasteiger partial charge on any atom is 0.375 e. The van der Waals surface area contributed by atoms with Crippen molar-refractivity contribution >= 4 is 34.0 Å². The average molecular weight is 479 g/mol. The van der Waals surface area contributed by atoms with Gasteiger partial charge in [-0.3, -0.25) is 9.69 Å². The summed E-state index contributed by atoms with van der Waals surface area (Å²) in [5.74, 6) is 0.457. The summed E-state index contributed by atoms with van der Waals surface area (Å²) in [6, 6.07) is 18.1. The molecule has 0 spiro atoms. The average Bonchev–Trinajstić information content (AvgIpc) is 3.52. The van der Waals surface area contributed by atoms with Crippen LogP contribution in [0.4, 0.5) is 10.8 Å². The van der Waals surface area contributed by atoms with Crippen LogP contribution in [-0.2, 0) is 22.7 Å². The number of ether oxygens (including phenoxy) is 3. The molecular formula is C25H22N2O6S. The van der Waals surface area contributed by atoms with Crippen molar-refractivity contribution in [1.29, 1.82) is 0 Å². The summed E-state index contributed by atoms with van der Waals surface area (Å²) in [7, 11) is 1.54. The molecule has 0 atom stereocenters. The van der Waals surface area contributed by atoms with Gasteiger partial charge in [0, 0.05) is 17.9 Å². The number of furan rings is 1. The van der Waals surface area contributed by atoms with Gasteiger partial charge in [-0.25, -0.2) is 9.78 Å². The number of benzene rings is 2. The quantitative estimate of drug-likeness (QED) is 0.299. The van der Waals surface area contributed by atoms with Gasteiger partial charge in [-0.2, -0.15) is 0 Å². The summed E-state index contributed by atoms with van der Waals surface area (Å²) >= 11 is 1.26. The SMILES string of the molecule is COc1ccccc1N(C(C)=O)c1nc(COC(=O)c2occc2COc2ccccc2)cs1. The summed E-state index contributed by atoms with van der Waals surface area (Å²) in [4.78, 5) is 30.9. The lowest BCUT2D eigenvalue weighted by Gasteiger charge is -2.20. The zero-order valence-corrected chi connectivity index (χ0v) is 19.4. The van der Waals surface area contributed by atoms with Gasteiger partial charge in [0.25, 0.3) is 0 Å². The van der Waals surface area contributed by atoms with Crippen LogP contribution in [0.2, 0.25) is 0 Å². The molecular weight excluding hydrogens is 456 g/mol. The molecule has 8 nitrogen and oxygen atoms in total. The van der Waals surface area contributed by atoms with E-state index >= 15 is 0 Å². The third-order valence-electron chi connectivity index (χ3n) is 4.79. The lowest BCUT2D eigenvalue weighted by atomic mass is 10.2. The van der Waals surface area contributed by atoms with E-state index in [9.17, 15) is 9.59 Å². The highest BCUT2D eigenvalue weighted by atomic mass is 32.1. The molecule has 0 saturated heterocycles. The molecule has 0 unspecified atom stereocenters. The van der Waals surface area contributed by atoms with Crippen LogP contribution in [0.25, 0.3) is 0 Å². The van der Waals surface area contributed by atoms with Crippen LogP contribution in [0.3, 0.4) is 0 Å². The minimum absolute atomic E-state index is 0.0748. The second kappa shape index (κ2) is 10.7. The molecule has 0 fully saturated rings. The smallest absolute Gasteiger partial charge is 0.375 e. The van der Waals surface area contributed by atoms with Gasteiger partial charge in [0.1, 0.15) is 24.7 Å². The fraction of sp³-hybridized carbons (Fsp3) is 0.160. The number of rotatable bonds is 9. The van der Waals surface area contributed by atoms with Gasteiger partial charge in [-0.15, -0.1) is 11.3 Å². The largest absolute Gasteiger partial charge is 0.495 e. The standard InChI is InChI=1S/C25H22N2O6S/c1-17(28)27(21-10-6-7-11-22(21)30-2)25-26-19(16-34-25)15-33-24(29)23-18(12-13-31-23)14-32-20-8-4-3-5-9-20/h3-13,16H,14-15H2,1-2H3. The number of amides is 1. The molecule has 1 amide bonds. The van der Waals surface area contributed by atoms with Crippen molar-refractivity contribution in [3.63, 3.8) is 0 Å². The molecule has 0 radical (unpaired) electrons. The van der Waals surface area contributed by atoms with E-state index in [1.54, 1.807) is 23.6 Å². The molecule has 4 rings (SSSR count). The van der Waals surface area contributed by atoms with Gasteiger partial charge in [0.05, 0.1) is 24.8 Å². The van der Waals surface area contributed by atoms with E-state index in [0.29, 0.717) is 33.6 Å². The highest BCUT2D eigenvalue weighted by Crippen LogP contribution is 2.35. The molecule has 0 aliphatic rings. The Morgan fingerprint density at radius 3 is 2.56 bits per heavy atom. The van der Waals surface area contributed by atoms with Gasteiger partial charge in [-0.1, -0.05) is 30.3 Å². The molecule has 0 N–H and O–H groups in total. The minimum Gasteiger partial charge on any atom is -0.495 e. The molecule has 0 aliphatic heterocycles. The topological polar surface area (TPSA) is 91.1 Å². The fourth-order valence-corrected chi connectivity index (χ4v) is 4.06. The van der Waals surface area contributed by atoms with Crippen molar-refractivity contribution in [2.75, 3.05) is 12.0 Å². The Hall–Kier alpha value is -4.11. The Kier molecular flexibility index (Phi) is 7.24. The first-order valence-electron chi connectivity index (χ1n) is 10.4. The van der Waals surface area contributed by atoms with Crippen LogP contribution >= 0.6 is 11.3 Å². The minimum atomic E-state index is -0.626. The van der Waals surface area contributed by atoms with E-state index in [1.807, 2.05) is 42.5 Å². The van der Waals surface area contributed by atoms with E-state index in [2.05, 4.69) is 4.98 Å². The predicted octanol–water partition coefficient (Wildman–Crippen LogP) is 5.37. The Bertz CT molecular complexity index is 1270. The number of para-hydroxylation sites is 3. The summed E-state index contributed by atoms with van der Waals surface area (Å²) in [5, 5.41) is 2.17. The normalized spacial score (nSPS) is 10.5. The van der Waals surface area contributed by atoms with Gasteiger partial charge >= 0.3 is 5.97 Å². The molecule has 2 aromatic carbocycles. The third-order valence-corrected chi connectivity index (χ3v) is 5.67. The number of methoxy groups -OCH3 is 1. The molecule has 0 bridgehead atoms. The van der Waals surface area contributed by atoms with E-state index in [1.165, 1.54) is 36.5 Å². The Labute approximate surface area is 200 Å². The molecule has 0 aliphatic carbocycles. The zero-order valence-electron chi connectivity index (χ0n) is 18.6. The number of esters is 1.